The average molecular weight is 419 g/mol. The first kappa shape index (κ1) is 25.2. The van der Waals surface area contributed by atoms with Gasteiger partial charge in [0.25, 0.3) is 0 Å². The summed E-state index contributed by atoms with van der Waals surface area (Å²) in [5.74, 6) is 0.727. The summed E-state index contributed by atoms with van der Waals surface area (Å²) in [6.07, 6.45) is -2.39. The number of hydrogen-bond acceptors (Lipinski definition) is 4. The predicted octanol–water partition coefficient (Wildman–Crippen LogP) is 3.26. The van der Waals surface area contributed by atoms with Crippen molar-refractivity contribution in [2.75, 3.05) is 46.6 Å². The van der Waals surface area contributed by atoms with Crippen LogP contribution in [0.25, 0.3) is 0 Å². The Morgan fingerprint density at radius 3 is 2.34 bits per heavy atom. The van der Waals surface area contributed by atoms with Crippen LogP contribution in [0.1, 0.15) is 30.9 Å². The van der Waals surface area contributed by atoms with E-state index in [1.165, 1.54) is 0 Å². The third-order valence-corrected chi connectivity index (χ3v) is 3.76. The van der Waals surface area contributed by atoms with Crippen LogP contribution in [0.5, 0.6) is 0 Å². The minimum Gasteiger partial charge on any atom is -0.382 e. The number of hydrogen-bond donors (Lipinski definition) is 2. The number of alkyl halides is 3. The van der Waals surface area contributed by atoms with Gasteiger partial charge in [-0.3, -0.25) is 0 Å². The van der Waals surface area contributed by atoms with Crippen LogP contribution in [0.4, 0.5) is 13.2 Å². The number of benzene rings is 1. The lowest BCUT2D eigenvalue weighted by atomic mass is 10.1. The molecule has 0 aliphatic carbocycles. The molecule has 0 atom stereocenters. The molecule has 0 saturated heterocycles. The fourth-order valence-electron chi connectivity index (χ4n) is 2.32. The van der Waals surface area contributed by atoms with Gasteiger partial charge in [0.05, 0.1) is 26.4 Å². The van der Waals surface area contributed by atoms with Gasteiger partial charge in [-0.1, -0.05) is 24.3 Å². The molecule has 29 heavy (non-hydrogen) atoms. The van der Waals surface area contributed by atoms with E-state index < -0.39 is 12.8 Å². The molecule has 0 heterocycles. The lowest BCUT2D eigenvalue weighted by Crippen LogP contribution is -2.37. The molecule has 166 valence electrons. The highest BCUT2D eigenvalue weighted by Crippen LogP contribution is 2.16. The Morgan fingerprint density at radius 1 is 0.966 bits per heavy atom. The van der Waals surface area contributed by atoms with E-state index >= 15 is 0 Å². The molecule has 9 heteroatoms. The first-order valence-corrected chi connectivity index (χ1v) is 9.75. The third-order valence-electron chi connectivity index (χ3n) is 3.76. The van der Waals surface area contributed by atoms with E-state index in [0.29, 0.717) is 31.9 Å². The maximum atomic E-state index is 12.1. The molecule has 1 aromatic rings. The second-order valence-electron chi connectivity index (χ2n) is 6.36. The second kappa shape index (κ2) is 15.1. The Kier molecular flexibility index (Phi) is 13.1. The van der Waals surface area contributed by atoms with Crippen molar-refractivity contribution in [1.29, 1.82) is 0 Å². The molecule has 0 radical (unpaired) electrons. The van der Waals surface area contributed by atoms with Crippen molar-refractivity contribution >= 4 is 5.96 Å². The number of methoxy groups -OCH3 is 1. The Balaban J connectivity index is 2.32. The van der Waals surface area contributed by atoms with Crippen molar-refractivity contribution in [3.8, 4) is 0 Å². The summed E-state index contributed by atoms with van der Waals surface area (Å²) in [5, 5.41) is 6.47. The standard InChI is InChI=1S/C20H32F3N3O3/c1-3-24-19(25-10-4-5-11-28-13-12-27-2)26-14-17-6-8-18(9-7-17)15-29-16-20(21,22)23/h6-9H,3-5,10-16H2,1-2H3,(H2,24,25,26). The summed E-state index contributed by atoms with van der Waals surface area (Å²) < 4.78 is 51.3. The number of unbranched alkanes of at least 4 members (excludes halogenated alkanes) is 1. The van der Waals surface area contributed by atoms with Crippen molar-refractivity contribution in [3.05, 3.63) is 35.4 Å². The summed E-state index contributed by atoms with van der Waals surface area (Å²) in [7, 11) is 1.65. The molecule has 1 aromatic carbocycles. The maximum absolute atomic E-state index is 12.1. The van der Waals surface area contributed by atoms with Crippen LogP contribution >= 0.6 is 0 Å². The van der Waals surface area contributed by atoms with Crippen LogP contribution in [0, 0.1) is 0 Å². The largest absolute Gasteiger partial charge is 0.411 e. The van der Waals surface area contributed by atoms with Gasteiger partial charge in [-0.15, -0.1) is 0 Å². The molecule has 0 saturated carbocycles. The lowest BCUT2D eigenvalue weighted by Gasteiger charge is -2.11. The number of nitrogens with zero attached hydrogens (tertiary/aromatic N) is 1. The van der Waals surface area contributed by atoms with E-state index in [2.05, 4.69) is 20.4 Å². The number of nitrogens with one attached hydrogen (secondary N) is 2. The van der Waals surface area contributed by atoms with Gasteiger partial charge in [0.2, 0.25) is 0 Å². The van der Waals surface area contributed by atoms with E-state index in [1.807, 2.05) is 19.1 Å². The monoisotopic (exact) mass is 419 g/mol. The van der Waals surface area contributed by atoms with E-state index in [1.54, 1.807) is 19.2 Å². The van der Waals surface area contributed by atoms with Gasteiger partial charge >= 0.3 is 6.18 Å². The Bertz CT molecular complexity index is 566. The van der Waals surface area contributed by atoms with Gasteiger partial charge in [0.15, 0.2) is 5.96 Å². The van der Waals surface area contributed by atoms with Crippen LogP contribution in [0.2, 0.25) is 0 Å². The Labute approximate surface area is 170 Å². The average Bonchev–Trinajstić information content (AvgIpc) is 2.68. The summed E-state index contributed by atoms with van der Waals surface area (Å²) in [6, 6.07) is 7.20. The zero-order chi connectivity index (χ0) is 21.4. The quantitative estimate of drug-likeness (QED) is 0.275. The van der Waals surface area contributed by atoms with Gasteiger partial charge in [-0.25, -0.2) is 4.99 Å². The topological polar surface area (TPSA) is 64.1 Å². The van der Waals surface area contributed by atoms with Crippen molar-refractivity contribution in [2.45, 2.75) is 39.1 Å². The van der Waals surface area contributed by atoms with Gasteiger partial charge in [-0.2, -0.15) is 13.2 Å². The Morgan fingerprint density at radius 2 is 1.69 bits per heavy atom. The Hall–Kier alpha value is -1.84. The van der Waals surface area contributed by atoms with Crippen LogP contribution in [0.3, 0.4) is 0 Å². The molecule has 0 bridgehead atoms. The molecule has 0 unspecified atom stereocenters. The zero-order valence-corrected chi connectivity index (χ0v) is 17.2. The van der Waals surface area contributed by atoms with Crippen molar-refractivity contribution in [1.82, 2.24) is 10.6 Å². The number of guanidine groups is 1. The van der Waals surface area contributed by atoms with Crippen LogP contribution in [-0.2, 0) is 27.4 Å². The lowest BCUT2D eigenvalue weighted by molar-refractivity contribution is -0.176. The minimum atomic E-state index is -4.30. The summed E-state index contributed by atoms with van der Waals surface area (Å²) in [5.41, 5.74) is 1.66. The van der Waals surface area contributed by atoms with Gasteiger partial charge < -0.3 is 24.8 Å². The van der Waals surface area contributed by atoms with Crippen LogP contribution in [0.15, 0.2) is 29.3 Å². The van der Waals surface area contributed by atoms with Gasteiger partial charge in [0.1, 0.15) is 6.61 Å². The highest BCUT2D eigenvalue weighted by Gasteiger charge is 2.27. The van der Waals surface area contributed by atoms with Crippen LogP contribution < -0.4 is 10.6 Å². The number of halogens is 3. The normalized spacial score (nSPS) is 12.2. The first-order chi connectivity index (χ1) is 13.9. The molecule has 2 N–H and O–H groups in total. The van der Waals surface area contributed by atoms with Gasteiger partial charge in [-0.05, 0) is 30.9 Å². The smallest absolute Gasteiger partial charge is 0.382 e. The molecular weight excluding hydrogens is 387 g/mol. The van der Waals surface area contributed by atoms with Gasteiger partial charge in [0, 0.05) is 26.8 Å². The predicted molar refractivity (Wildman–Crippen MR) is 107 cm³/mol. The molecular formula is C20H32F3N3O3. The second-order valence-corrected chi connectivity index (χ2v) is 6.36. The van der Waals surface area contributed by atoms with Crippen molar-refractivity contribution in [2.24, 2.45) is 4.99 Å². The summed E-state index contributed by atoms with van der Waals surface area (Å²) >= 11 is 0. The summed E-state index contributed by atoms with van der Waals surface area (Å²) in [6.45, 7) is 4.63. The van der Waals surface area contributed by atoms with Crippen molar-refractivity contribution in [3.63, 3.8) is 0 Å². The molecule has 0 aliphatic rings. The van der Waals surface area contributed by atoms with Crippen LogP contribution in [-0.4, -0.2) is 58.8 Å². The maximum Gasteiger partial charge on any atom is 0.411 e. The number of rotatable bonds is 14. The molecule has 0 aliphatic heterocycles. The van der Waals surface area contributed by atoms with E-state index in [9.17, 15) is 13.2 Å². The van der Waals surface area contributed by atoms with E-state index in [4.69, 9.17) is 9.47 Å². The fraction of sp³-hybridized carbons (Fsp3) is 0.650. The SMILES string of the molecule is CCNC(=NCc1ccc(COCC(F)(F)F)cc1)NCCCCOCCOC. The molecule has 0 spiro atoms. The molecule has 0 amide bonds. The molecule has 1 rings (SSSR count). The number of ether oxygens (including phenoxy) is 3. The molecule has 6 nitrogen and oxygen atoms in total. The zero-order valence-electron chi connectivity index (χ0n) is 17.2. The third kappa shape index (κ3) is 13.9. The molecule has 0 aromatic heterocycles. The van der Waals surface area contributed by atoms with E-state index in [0.717, 1.165) is 37.5 Å². The van der Waals surface area contributed by atoms with E-state index in [-0.39, 0.29) is 6.61 Å². The van der Waals surface area contributed by atoms with Crippen molar-refractivity contribution < 1.29 is 27.4 Å². The minimum absolute atomic E-state index is 0.0670. The highest BCUT2D eigenvalue weighted by atomic mass is 19.4. The first-order valence-electron chi connectivity index (χ1n) is 9.75. The number of aliphatic imine (C=N–C) groups is 1. The summed E-state index contributed by atoms with van der Waals surface area (Å²) in [4.78, 5) is 4.53. The highest BCUT2D eigenvalue weighted by molar-refractivity contribution is 5.79. The fourth-order valence-corrected chi connectivity index (χ4v) is 2.32. The molecule has 0 fully saturated rings.